The predicted molar refractivity (Wildman–Crippen MR) is 81.9 cm³/mol. The molecule has 0 saturated heterocycles. The molecule has 2 rings (SSSR count). The Bertz CT molecular complexity index is 517. The number of benzene rings is 1. The van der Waals surface area contributed by atoms with Gasteiger partial charge in [-0.05, 0) is 45.4 Å². The van der Waals surface area contributed by atoms with Gasteiger partial charge in [0.2, 0.25) is 0 Å². The van der Waals surface area contributed by atoms with Crippen LogP contribution in [0.5, 0.6) is 0 Å². The first-order valence-electron chi connectivity index (χ1n) is 6.17. The lowest BCUT2D eigenvalue weighted by molar-refractivity contribution is 0.590. The van der Waals surface area contributed by atoms with Crippen molar-refractivity contribution in [3.05, 3.63) is 57.3 Å². The summed E-state index contributed by atoms with van der Waals surface area (Å²) in [5.74, 6) is 0. The molecule has 0 aliphatic carbocycles. The minimum Gasteiger partial charge on any atom is -0.152 e. The number of hydrogen-bond donors (Lipinski definition) is 0. The summed E-state index contributed by atoms with van der Waals surface area (Å²) in [7, 11) is 0. The standard InChI is InChI=1S/C16H19ClS/c1-11-9-18-10-14(11)15(17)12-5-7-13(8-6-12)16(2,3)4/h5-10,15H,1-4H3. The Morgan fingerprint density at radius 1 is 1.06 bits per heavy atom. The van der Waals surface area contributed by atoms with E-state index >= 15 is 0 Å². The zero-order valence-electron chi connectivity index (χ0n) is 11.3. The van der Waals surface area contributed by atoms with Crippen molar-refractivity contribution < 1.29 is 0 Å². The number of halogens is 1. The van der Waals surface area contributed by atoms with Gasteiger partial charge < -0.3 is 0 Å². The average molecular weight is 279 g/mol. The molecule has 0 radical (unpaired) electrons. The zero-order chi connectivity index (χ0) is 13.3. The van der Waals surface area contributed by atoms with Gasteiger partial charge in [0.25, 0.3) is 0 Å². The van der Waals surface area contributed by atoms with Crippen LogP contribution < -0.4 is 0 Å². The predicted octanol–water partition coefficient (Wildman–Crippen LogP) is 5.68. The van der Waals surface area contributed by atoms with Gasteiger partial charge >= 0.3 is 0 Å². The van der Waals surface area contributed by atoms with Crippen LogP contribution in [0.4, 0.5) is 0 Å². The molecule has 0 amide bonds. The van der Waals surface area contributed by atoms with Crippen LogP contribution in [0.25, 0.3) is 0 Å². The first-order chi connectivity index (χ1) is 8.39. The van der Waals surface area contributed by atoms with Crippen molar-refractivity contribution in [2.24, 2.45) is 0 Å². The maximum absolute atomic E-state index is 6.55. The molecule has 2 heteroatoms. The molecular formula is C16H19ClS. The lowest BCUT2D eigenvalue weighted by Gasteiger charge is -2.20. The molecule has 1 aromatic heterocycles. The van der Waals surface area contributed by atoms with Crippen molar-refractivity contribution in [3.8, 4) is 0 Å². The molecule has 2 aromatic rings. The molecule has 0 saturated carbocycles. The zero-order valence-corrected chi connectivity index (χ0v) is 12.9. The smallest absolute Gasteiger partial charge is 0.0846 e. The Labute approximate surface area is 119 Å². The van der Waals surface area contributed by atoms with E-state index in [1.807, 2.05) is 0 Å². The minimum atomic E-state index is -0.0368. The summed E-state index contributed by atoms with van der Waals surface area (Å²) in [5.41, 5.74) is 5.21. The summed E-state index contributed by atoms with van der Waals surface area (Å²) in [6.07, 6.45) is 0. The Morgan fingerprint density at radius 2 is 1.67 bits per heavy atom. The molecule has 0 bridgehead atoms. The van der Waals surface area contributed by atoms with Crippen molar-refractivity contribution in [3.63, 3.8) is 0 Å². The molecule has 96 valence electrons. The second-order valence-corrected chi connectivity index (χ2v) is 6.92. The Kier molecular flexibility index (Phi) is 3.84. The number of hydrogen-bond acceptors (Lipinski definition) is 1. The second kappa shape index (κ2) is 5.07. The van der Waals surface area contributed by atoms with Crippen molar-refractivity contribution in [2.75, 3.05) is 0 Å². The summed E-state index contributed by atoms with van der Waals surface area (Å²) < 4.78 is 0. The fourth-order valence-corrected chi connectivity index (χ4v) is 3.29. The molecule has 0 aliphatic heterocycles. The molecule has 0 fully saturated rings. The van der Waals surface area contributed by atoms with Gasteiger partial charge in [-0.15, -0.1) is 11.6 Å². The van der Waals surface area contributed by atoms with E-state index in [4.69, 9.17) is 11.6 Å². The summed E-state index contributed by atoms with van der Waals surface area (Å²) >= 11 is 8.26. The Hall–Kier alpha value is -0.790. The fourth-order valence-electron chi connectivity index (χ4n) is 1.96. The van der Waals surface area contributed by atoms with Crippen LogP contribution in [0.3, 0.4) is 0 Å². The van der Waals surface area contributed by atoms with Gasteiger partial charge in [0.05, 0.1) is 5.38 Å². The van der Waals surface area contributed by atoms with E-state index in [9.17, 15) is 0 Å². The van der Waals surface area contributed by atoms with Gasteiger partial charge in [0.15, 0.2) is 0 Å². The van der Waals surface area contributed by atoms with E-state index in [2.05, 4.69) is 62.7 Å². The van der Waals surface area contributed by atoms with Crippen LogP contribution in [0, 0.1) is 6.92 Å². The van der Waals surface area contributed by atoms with E-state index in [0.717, 1.165) is 0 Å². The maximum Gasteiger partial charge on any atom is 0.0846 e. The molecule has 18 heavy (non-hydrogen) atoms. The van der Waals surface area contributed by atoms with Gasteiger partial charge in [0.1, 0.15) is 0 Å². The van der Waals surface area contributed by atoms with E-state index in [-0.39, 0.29) is 10.8 Å². The molecule has 1 unspecified atom stereocenters. The third-order valence-corrected chi connectivity index (χ3v) is 4.60. The van der Waals surface area contributed by atoms with E-state index in [1.54, 1.807) is 11.3 Å². The fraction of sp³-hybridized carbons (Fsp3) is 0.375. The number of rotatable bonds is 2. The summed E-state index contributed by atoms with van der Waals surface area (Å²) in [6, 6.07) is 8.67. The molecule has 1 aromatic carbocycles. The van der Waals surface area contributed by atoms with Gasteiger partial charge in [-0.1, -0.05) is 45.0 Å². The lowest BCUT2D eigenvalue weighted by Crippen LogP contribution is -2.10. The minimum absolute atomic E-state index is 0.0368. The van der Waals surface area contributed by atoms with Gasteiger partial charge in [-0.3, -0.25) is 0 Å². The SMILES string of the molecule is Cc1cscc1C(Cl)c1ccc(C(C)(C)C)cc1. The van der Waals surface area contributed by atoms with Crippen LogP contribution in [0.2, 0.25) is 0 Å². The highest BCUT2D eigenvalue weighted by Gasteiger charge is 2.16. The maximum atomic E-state index is 6.55. The van der Waals surface area contributed by atoms with Crippen LogP contribution in [-0.4, -0.2) is 0 Å². The van der Waals surface area contributed by atoms with Gasteiger partial charge in [-0.25, -0.2) is 0 Å². The third-order valence-electron chi connectivity index (χ3n) is 3.24. The van der Waals surface area contributed by atoms with E-state index in [1.165, 1.54) is 22.3 Å². The number of aryl methyl sites for hydroxylation is 1. The Morgan fingerprint density at radius 3 is 2.11 bits per heavy atom. The van der Waals surface area contributed by atoms with Crippen LogP contribution >= 0.6 is 22.9 Å². The lowest BCUT2D eigenvalue weighted by atomic mass is 9.86. The summed E-state index contributed by atoms with van der Waals surface area (Å²) in [5, 5.41) is 4.25. The molecule has 0 nitrogen and oxygen atoms in total. The van der Waals surface area contributed by atoms with Crippen molar-refractivity contribution in [1.82, 2.24) is 0 Å². The van der Waals surface area contributed by atoms with Crippen LogP contribution in [0.15, 0.2) is 35.0 Å². The number of alkyl halides is 1. The highest BCUT2D eigenvalue weighted by molar-refractivity contribution is 7.08. The normalized spacial score (nSPS) is 13.6. The summed E-state index contributed by atoms with van der Waals surface area (Å²) in [4.78, 5) is 0. The Balaban J connectivity index is 2.28. The average Bonchev–Trinajstić information content (AvgIpc) is 2.73. The first-order valence-corrected chi connectivity index (χ1v) is 7.54. The van der Waals surface area contributed by atoms with Crippen molar-refractivity contribution in [1.29, 1.82) is 0 Å². The monoisotopic (exact) mass is 278 g/mol. The largest absolute Gasteiger partial charge is 0.152 e. The second-order valence-electron chi connectivity index (χ2n) is 5.74. The van der Waals surface area contributed by atoms with Crippen molar-refractivity contribution >= 4 is 22.9 Å². The molecule has 1 heterocycles. The third kappa shape index (κ3) is 2.78. The highest BCUT2D eigenvalue weighted by Crippen LogP contribution is 2.34. The highest BCUT2D eigenvalue weighted by atomic mass is 35.5. The van der Waals surface area contributed by atoms with Crippen LogP contribution in [-0.2, 0) is 5.41 Å². The molecule has 1 atom stereocenters. The summed E-state index contributed by atoms with van der Waals surface area (Å²) in [6.45, 7) is 8.79. The van der Waals surface area contributed by atoms with Crippen molar-refractivity contribution in [2.45, 2.75) is 38.5 Å². The molecular weight excluding hydrogens is 260 g/mol. The van der Waals surface area contributed by atoms with E-state index in [0.29, 0.717) is 0 Å². The van der Waals surface area contributed by atoms with Gasteiger partial charge in [-0.2, -0.15) is 11.3 Å². The van der Waals surface area contributed by atoms with Gasteiger partial charge in [0, 0.05) is 0 Å². The first kappa shape index (κ1) is 13.6. The topological polar surface area (TPSA) is 0 Å². The molecule has 0 N–H and O–H groups in total. The molecule has 0 spiro atoms. The van der Waals surface area contributed by atoms with Crippen LogP contribution in [0.1, 0.15) is 48.4 Å². The molecule has 0 aliphatic rings. The van der Waals surface area contributed by atoms with E-state index < -0.39 is 0 Å². The number of thiophene rings is 1. The quantitative estimate of drug-likeness (QED) is 0.620.